The fraction of sp³-hybridized carbons (Fsp3) is 0.182. The van der Waals surface area contributed by atoms with E-state index in [-0.39, 0.29) is 23.5 Å². The van der Waals surface area contributed by atoms with Crippen LogP contribution in [0.15, 0.2) is 69.9 Å². The minimum atomic E-state index is -4.82. The first-order valence-electron chi connectivity index (χ1n) is 9.31. The molecule has 0 saturated carbocycles. The van der Waals surface area contributed by atoms with Crippen molar-refractivity contribution in [2.45, 2.75) is 25.9 Å². The second-order valence-corrected chi connectivity index (χ2v) is 7.54. The van der Waals surface area contributed by atoms with Gasteiger partial charge < -0.3 is 19.1 Å². The SMILES string of the molecule is O=C(O)c1ccc(CCn2c(COc3cccc(OC(F)(F)F)c3)c(Br)ccc2=O)cc1. The first kappa shape index (κ1) is 23.4. The molecule has 0 aliphatic heterocycles. The Balaban J connectivity index is 1.75. The van der Waals surface area contributed by atoms with Crippen molar-refractivity contribution in [3.63, 3.8) is 0 Å². The van der Waals surface area contributed by atoms with Crippen LogP contribution in [0.1, 0.15) is 21.6 Å². The molecule has 1 N–H and O–H groups in total. The maximum Gasteiger partial charge on any atom is 0.573 e. The predicted octanol–water partition coefficient (Wildman–Crippen LogP) is 5.03. The third-order valence-electron chi connectivity index (χ3n) is 4.48. The van der Waals surface area contributed by atoms with E-state index in [0.29, 0.717) is 23.1 Å². The molecule has 0 fully saturated rings. The molecular formula is C22H17BrF3NO5. The van der Waals surface area contributed by atoms with E-state index in [2.05, 4.69) is 20.7 Å². The van der Waals surface area contributed by atoms with Gasteiger partial charge >= 0.3 is 12.3 Å². The molecule has 32 heavy (non-hydrogen) atoms. The minimum Gasteiger partial charge on any atom is -0.487 e. The summed E-state index contributed by atoms with van der Waals surface area (Å²) in [5, 5.41) is 8.98. The van der Waals surface area contributed by atoms with Gasteiger partial charge in [0.2, 0.25) is 0 Å². The van der Waals surface area contributed by atoms with E-state index < -0.39 is 18.1 Å². The lowest BCUT2D eigenvalue weighted by Crippen LogP contribution is -2.25. The topological polar surface area (TPSA) is 77.8 Å². The number of aromatic carboxylic acids is 1. The van der Waals surface area contributed by atoms with Gasteiger partial charge in [0.05, 0.1) is 11.3 Å². The van der Waals surface area contributed by atoms with Crippen LogP contribution in [0.25, 0.3) is 0 Å². The Labute approximate surface area is 189 Å². The van der Waals surface area contributed by atoms with Crippen LogP contribution in [0.3, 0.4) is 0 Å². The van der Waals surface area contributed by atoms with Crippen molar-refractivity contribution >= 4 is 21.9 Å². The summed E-state index contributed by atoms with van der Waals surface area (Å²) in [5.74, 6) is -1.29. The first-order valence-corrected chi connectivity index (χ1v) is 10.1. The van der Waals surface area contributed by atoms with Crippen LogP contribution in [-0.2, 0) is 19.6 Å². The highest BCUT2D eigenvalue weighted by Crippen LogP contribution is 2.27. The molecule has 10 heteroatoms. The number of aromatic nitrogens is 1. The Kier molecular flexibility index (Phi) is 7.24. The monoisotopic (exact) mass is 511 g/mol. The van der Waals surface area contributed by atoms with Gasteiger partial charge in [-0.1, -0.05) is 18.2 Å². The van der Waals surface area contributed by atoms with Crippen LogP contribution >= 0.6 is 15.9 Å². The van der Waals surface area contributed by atoms with Gasteiger partial charge in [0.1, 0.15) is 18.1 Å². The summed E-state index contributed by atoms with van der Waals surface area (Å²) >= 11 is 3.38. The van der Waals surface area contributed by atoms with E-state index in [1.165, 1.54) is 34.9 Å². The molecule has 0 atom stereocenters. The number of benzene rings is 2. The molecule has 0 aliphatic rings. The normalized spacial score (nSPS) is 11.2. The molecule has 1 heterocycles. The van der Waals surface area contributed by atoms with Gasteiger partial charge in [0, 0.05) is 23.2 Å². The van der Waals surface area contributed by atoms with Gasteiger partial charge in [0.25, 0.3) is 5.56 Å². The lowest BCUT2D eigenvalue weighted by molar-refractivity contribution is -0.274. The van der Waals surface area contributed by atoms with E-state index in [1.807, 2.05) is 0 Å². The Morgan fingerprint density at radius 3 is 2.38 bits per heavy atom. The zero-order valence-electron chi connectivity index (χ0n) is 16.4. The molecular weight excluding hydrogens is 495 g/mol. The van der Waals surface area contributed by atoms with Gasteiger partial charge in [-0.15, -0.1) is 13.2 Å². The van der Waals surface area contributed by atoms with E-state index >= 15 is 0 Å². The van der Waals surface area contributed by atoms with Gasteiger partial charge in [0.15, 0.2) is 0 Å². The first-order chi connectivity index (χ1) is 15.1. The maximum absolute atomic E-state index is 12.4. The fourth-order valence-electron chi connectivity index (χ4n) is 2.95. The van der Waals surface area contributed by atoms with Gasteiger partial charge in [-0.05, 0) is 58.2 Å². The number of hydrogen-bond acceptors (Lipinski definition) is 4. The molecule has 3 aromatic rings. The number of carbonyl (C=O) groups is 1. The largest absolute Gasteiger partial charge is 0.573 e. The van der Waals surface area contributed by atoms with Crippen molar-refractivity contribution in [2.75, 3.05) is 0 Å². The second-order valence-electron chi connectivity index (χ2n) is 6.68. The number of rotatable bonds is 8. The van der Waals surface area contributed by atoms with Gasteiger partial charge in [-0.25, -0.2) is 4.79 Å². The fourth-order valence-corrected chi connectivity index (χ4v) is 3.41. The number of pyridine rings is 1. The lowest BCUT2D eigenvalue weighted by atomic mass is 10.1. The highest BCUT2D eigenvalue weighted by atomic mass is 79.9. The molecule has 0 unspecified atom stereocenters. The number of alkyl halides is 3. The lowest BCUT2D eigenvalue weighted by Gasteiger charge is -2.16. The average molecular weight is 512 g/mol. The van der Waals surface area contributed by atoms with Crippen LogP contribution in [0.4, 0.5) is 13.2 Å². The van der Waals surface area contributed by atoms with Crippen molar-refractivity contribution in [1.82, 2.24) is 4.57 Å². The summed E-state index contributed by atoms with van der Waals surface area (Å²) < 4.78 is 48.9. The molecule has 0 spiro atoms. The molecule has 0 aliphatic carbocycles. The Morgan fingerprint density at radius 1 is 1.03 bits per heavy atom. The molecule has 168 valence electrons. The average Bonchev–Trinajstić information content (AvgIpc) is 2.73. The third kappa shape index (κ3) is 6.36. The van der Waals surface area contributed by atoms with Crippen LogP contribution in [0.5, 0.6) is 11.5 Å². The molecule has 0 bridgehead atoms. The molecule has 2 aromatic carbocycles. The molecule has 0 saturated heterocycles. The number of hydrogen-bond donors (Lipinski definition) is 1. The van der Waals surface area contributed by atoms with E-state index in [4.69, 9.17) is 9.84 Å². The minimum absolute atomic E-state index is 0.0793. The summed E-state index contributed by atoms with van der Waals surface area (Å²) in [7, 11) is 0. The van der Waals surface area contributed by atoms with Crippen molar-refractivity contribution in [3.05, 3.63) is 92.3 Å². The summed E-state index contributed by atoms with van der Waals surface area (Å²) in [6.45, 7) is 0.213. The number of ether oxygens (including phenoxy) is 2. The van der Waals surface area contributed by atoms with Crippen molar-refractivity contribution < 1.29 is 32.5 Å². The summed E-state index contributed by atoms with van der Waals surface area (Å²) in [6.07, 6.45) is -4.36. The zero-order valence-corrected chi connectivity index (χ0v) is 18.0. The maximum atomic E-state index is 12.4. The Morgan fingerprint density at radius 2 is 1.72 bits per heavy atom. The number of aryl methyl sites for hydroxylation is 1. The summed E-state index contributed by atoms with van der Waals surface area (Å²) in [4.78, 5) is 23.4. The summed E-state index contributed by atoms with van der Waals surface area (Å²) in [5.41, 5.74) is 1.23. The second kappa shape index (κ2) is 9.90. The highest BCUT2D eigenvalue weighted by molar-refractivity contribution is 9.10. The quantitative estimate of drug-likeness (QED) is 0.459. The Hall–Kier alpha value is -3.27. The van der Waals surface area contributed by atoms with Crippen LogP contribution in [0, 0.1) is 0 Å². The Bertz CT molecular complexity index is 1160. The van der Waals surface area contributed by atoms with E-state index in [1.54, 1.807) is 18.2 Å². The third-order valence-corrected chi connectivity index (χ3v) is 5.20. The smallest absolute Gasteiger partial charge is 0.487 e. The molecule has 3 rings (SSSR count). The van der Waals surface area contributed by atoms with E-state index in [0.717, 1.165) is 17.7 Å². The molecule has 0 amide bonds. The van der Waals surface area contributed by atoms with Crippen LogP contribution in [-0.4, -0.2) is 22.0 Å². The molecule has 1 aromatic heterocycles. The predicted molar refractivity (Wildman–Crippen MR) is 113 cm³/mol. The zero-order chi connectivity index (χ0) is 23.3. The van der Waals surface area contributed by atoms with Gasteiger partial charge in [-0.2, -0.15) is 0 Å². The summed E-state index contributed by atoms with van der Waals surface area (Å²) in [6, 6.07) is 14.4. The number of carboxylic acid groups (broad SMARTS) is 1. The standard InChI is InChI=1S/C22H17BrF3NO5/c23-18-8-9-20(28)27(11-10-14-4-6-15(7-5-14)21(29)30)19(18)13-31-16-2-1-3-17(12-16)32-22(24,25)26/h1-9,12H,10-11,13H2,(H,29,30). The van der Waals surface area contributed by atoms with Gasteiger partial charge in [-0.3, -0.25) is 4.79 Å². The van der Waals surface area contributed by atoms with Crippen molar-refractivity contribution in [3.8, 4) is 11.5 Å². The number of nitrogens with zero attached hydrogens (tertiary/aromatic N) is 1. The van der Waals surface area contributed by atoms with E-state index in [9.17, 15) is 22.8 Å². The molecule has 6 nitrogen and oxygen atoms in total. The van der Waals surface area contributed by atoms with Crippen LogP contribution in [0.2, 0.25) is 0 Å². The number of carboxylic acids is 1. The molecule has 0 radical (unpaired) electrons. The van der Waals surface area contributed by atoms with Crippen molar-refractivity contribution in [1.29, 1.82) is 0 Å². The number of halogens is 4. The highest BCUT2D eigenvalue weighted by Gasteiger charge is 2.31. The van der Waals surface area contributed by atoms with Crippen molar-refractivity contribution in [2.24, 2.45) is 0 Å². The van der Waals surface area contributed by atoms with Crippen LogP contribution < -0.4 is 15.0 Å².